The molecule has 0 heterocycles. The van der Waals surface area contributed by atoms with Crippen molar-refractivity contribution >= 4 is 5.78 Å². The van der Waals surface area contributed by atoms with E-state index in [1.165, 1.54) is 12.8 Å². The van der Waals surface area contributed by atoms with E-state index in [1.807, 2.05) is 0 Å². The Balaban J connectivity index is 1.87. The first kappa shape index (κ1) is 17.7. The second-order valence-corrected chi connectivity index (χ2v) is 8.18. The number of allylic oxidation sites excluding steroid dienone is 1. The SMILES string of the molecule is CC(/C=C/COCC(C)(C)O)[C@H]1CC[C@H]2C(=O)CCC[C@]12C. The highest BCUT2D eigenvalue weighted by Crippen LogP contribution is 2.56. The van der Waals surface area contributed by atoms with E-state index < -0.39 is 5.60 Å². The predicted octanol–water partition coefficient (Wildman–Crippen LogP) is 3.75. The number of carbonyl (C=O) groups is 1. The predicted molar refractivity (Wildman–Crippen MR) is 88.6 cm³/mol. The molecule has 2 saturated carbocycles. The number of fused-ring (bicyclic) bond motifs is 1. The van der Waals surface area contributed by atoms with Gasteiger partial charge in [-0.3, -0.25) is 4.79 Å². The summed E-state index contributed by atoms with van der Waals surface area (Å²) < 4.78 is 5.47. The van der Waals surface area contributed by atoms with Gasteiger partial charge < -0.3 is 9.84 Å². The van der Waals surface area contributed by atoms with E-state index in [2.05, 4.69) is 26.0 Å². The average Bonchev–Trinajstić information content (AvgIpc) is 2.75. The first-order chi connectivity index (χ1) is 10.2. The zero-order chi connectivity index (χ0) is 16.4. The molecular formula is C19H32O3. The van der Waals surface area contributed by atoms with E-state index >= 15 is 0 Å². The maximum Gasteiger partial charge on any atom is 0.136 e. The standard InChI is InChI=1S/C19H32O3/c1-14(7-6-12-22-13-18(2,3)21)15-9-10-16-17(20)8-5-11-19(15,16)4/h6-7,14-16,21H,5,8-13H2,1-4H3/b7-6+/t14?,15-,16+,19-/m1/s1. The number of carbonyl (C=O) groups excluding carboxylic acids is 1. The first-order valence-electron chi connectivity index (χ1n) is 8.73. The lowest BCUT2D eigenvalue weighted by molar-refractivity contribution is -0.129. The zero-order valence-electron chi connectivity index (χ0n) is 14.6. The second-order valence-electron chi connectivity index (χ2n) is 8.18. The highest BCUT2D eigenvalue weighted by molar-refractivity contribution is 5.83. The number of rotatable bonds is 6. The van der Waals surface area contributed by atoms with Gasteiger partial charge in [-0.25, -0.2) is 0 Å². The molecule has 0 aromatic carbocycles. The van der Waals surface area contributed by atoms with Crippen LogP contribution in [0, 0.1) is 23.2 Å². The van der Waals surface area contributed by atoms with Gasteiger partial charge in [0, 0.05) is 12.3 Å². The van der Waals surface area contributed by atoms with E-state index in [-0.39, 0.29) is 5.41 Å². The van der Waals surface area contributed by atoms with Gasteiger partial charge in [-0.05, 0) is 56.8 Å². The molecule has 2 aliphatic rings. The topological polar surface area (TPSA) is 46.5 Å². The van der Waals surface area contributed by atoms with Crippen molar-refractivity contribution < 1.29 is 14.6 Å². The van der Waals surface area contributed by atoms with Crippen LogP contribution in [-0.2, 0) is 9.53 Å². The summed E-state index contributed by atoms with van der Waals surface area (Å²) in [5.41, 5.74) is -0.568. The third kappa shape index (κ3) is 3.99. The van der Waals surface area contributed by atoms with E-state index in [1.54, 1.807) is 13.8 Å². The third-order valence-corrected chi connectivity index (χ3v) is 5.68. The van der Waals surface area contributed by atoms with Gasteiger partial charge >= 0.3 is 0 Å². The summed E-state index contributed by atoms with van der Waals surface area (Å²) in [6, 6.07) is 0. The van der Waals surface area contributed by atoms with Crippen LogP contribution in [0.15, 0.2) is 12.2 Å². The van der Waals surface area contributed by atoms with Crippen molar-refractivity contribution in [3.8, 4) is 0 Å². The fourth-order valence-electron chi connectivity index (χ4n) is 4.61. The Bertz CT molecular complexity index is 421. The minimum Gasteiger partial charge on any atom is -0.388 e. The molecule has 0 spiro atoms. The lowest BCUT2D eigenvalue weighted by atomic mass is 9.62. The van der Waals surface area contributed by atoms with Gasteiger partial charge in [0.05, 0.1) is 18.8 Å². The van der Waals surface area contributed by atoms with Crippen LogP contribution in [0.25, 0.3) is 0 Å². The molecule has 0 radical (unpaired) electrons. The fourth-order valence-corrected chi connectivity index (χ4v) is 4.61. The molecule has 22 heavy (non-hydrogen) atoms. The van der Waals surface area contributed by atoms with Crippen molar-refractivity contribution in [2.75, 3.05) is 13.2 Å². The van der Waals surface area contributed by atoms with E-state index in [4.69, 9.17) is 4.74 Å². The molecule has 0 saturated heterocycles. The molecule has 0 aromatic rings. The van der Waals surface area contributed by atoms with Gasteiger partial charge in [-0.2, -0.15) is 0 Å². The van der Waals surface area contributed by atoms with Crippen molar-refractivity contribution in [2.24, 2.45) is 23.2 Å². The van der Waals surface area contributed by atoms with Crippen LogP contribution in [0.2, 0.25) is 0 Å². The summed E-state index contributed by atoms with van der Waals surface area (Å²) in [6.07, 6.45) is 9.60. The molecule has 3 heteroatoms. The average molecular weight is 308 g/mol. The number of hydrogen-bond acceptors (Lipinski definition) is 3. The van der Waals surface area contributed by atoms with Crippen molar-refractivity contribution in [3.05, 3.63) is 12.2 Å². The molecule has 2 rings (SSSR count). The Labute approximate surface area is 135 Å². The van der Waals surface area contributed by atoms with E-state index in [0.29, 0.717) is 36.8 Å². The molecular weight excluding hydrogens is 276 g/mol. The largest absolute Gasteiger partial charge is 0.388 e. The number of hydrogen-bond donors (Lipinski definition) is 1. The van der Waals surface area contributed by atoms with Gasteiger partial charge in [0.1, 0.15) is 5.78 Å². The Hall–Kier alpha value is -0.670. The summed E-state index contributed by atoms with van der Waals surface area (Å²) in [6.45, 7) is 8.99. The van der Waals surface area contributed by atoms with Crippen LogP contribution in [0.3, 0.4) is 0 Å². The van der Waals surface area contributed by atoms with Gasteiger partial charge in [-0.1, -0.05) is 26.0 Å². The molecule has 0 aliphatic heterocycles. The van der Waals surface area contributed by atoms with Crippen molar-refractivity contribution in [3.63, 3.8) is 0 Å². The van der Waals surface area contributed by atoms with Gasteiger partial charge in [-0.15, -0.1) is 0 Å². The summed E-state index contributed by atoms with van der Waals surface area (Å²) >= 11 is 0. The van der Waals surface area contributed by atoms with Crippen molar-refractivity contribution in [2.45, 2.75) is 65.4 Å². The van der Waals surface area contributed by atoms with Crippen LogP contribution in [0.4, 0.5) is 0 Å². The smallest absolute Gasteiger partial charge is 0.136 e. The molecule has 1 N–H and O–H groups in total. The van der Waals surface area contributed by atoms with Crippen LogP contribution >= 0.6 is 0 Å². The molecule has 4 atom stereocenters. The van der Waals surface area contributed by atoms with Gasteiger partial charge in [0.25, 0.3) is 0 Å². The molecule has 2 fully saturated rings. The van der Waals surface area contributed by atoms with Crippen LogP contribution < -0.4 is 0 Å². The van der Waals surface area contributed by atoms with E-state index in [0.717, 1.165) is 19.3 Å². The number of ketones is 1. The highest BCUT2D eigenvalue weighted by Gasteiger charge is 2.51. The van der Waals surface area contributed by atoms with Crippen LogP contribution in [-0.4, -0.2) is 29.7 Å². The van der Waals surface area contributed by atoms with Gasteiger partial charge in [0.2, 0.25) is 0 Å². The summed E-state index contributed by atoms with van der Waals surface area (Å²) in [5, 5.41) is 9.61. The zero-order valence-corrected chi connectivity index (χ0v) is 14.6. The monoisotopic (exact) mass is 308 g/mol. The lowest BCUT2D eigenvalue weighted by Crippen LogP contribution is -2.39. The Morgan fingerprint density at radius 1 is 1.45 bits per heavy atom. The Kier molecular flexibility index (Phi) is 5.50. The molecule has 1 unspecified atom stereocenters. The molecule has 3 nitrogen and oxygen atoms in total. The minimum atomic E-state index is -0.770. The molecule has 0 amide bonds. The normalized spacial score (nSPS) is 34.1. The third-order valence-electron chi connectivity index (χ3n) is 5.68. The maximum absolute atomic E-state index is 12.2. The molecule has 2 aliphatic carbocycles. The number of ether oxygens (including phenoxy) is 1. The Morgan fingerprint density at radius 2 is 2.18 bits per heavy atom. The molecule has 126 valence electrons. The van der Waals surface area contributed by atoms with E-state index in [9.17, 15) is 9.90 Å². The number of aliphatic hydroxyl groups is 1. The van der Waals surface area contributed by atoms with Crippen LogP contribution in [0.1, 0.15) is 59.8 Å². The fraction of sp³-hybridized carbons (Fsp3) is 0.842. The summed E-state index contributed by atoms with van der Waals surface area (Å²) in [4.78, 5) is 12.2. The van der Waals surface area contributed by atoms with Crippen molar-refractivity contribution in [1.82, 2.24) is 0 Å². The Morgan fingerprint density at radius 3 is 2.86 bits per heavy atom. The first-order valence-corrected chi connectivity index (χ1v) is 8.73. The highest BCUT2D eigenvalue weighted by atomic mass is 16.5. The lowest BCUT2D eigenvalue weighted by Gasteiger charge is -2.41. The summed E-state index contributed by atoms with van der Waals surface area (Å²) in [7, 11) is 0. The second kappa shape index (κ2) is 6.84. The summed E-state index contributed by atoms with van der Waals surface area (Å²) in [5.74, 6) is 1.88. The number of Topliss-reactive ketones (excluding diaryl/α,β-unsaturated/α-hetero) is 1. The molecule has 0 bridgehead atoms. The van der Waals surface area contributed by atoms with Crippen LogP contribution in [0.5, 0.6) is 0 Å². The quantitative estimate of drug-likeness (QED) is 0.600. The maximum atomic E-state index is 12.2. The minimum absolute atomic E-state index is 0.201. The van der Waals surface area contributed by atoms with Crippen molar-refractivity contribution in [1.29, 1.82) is 0 Å². The molecule has 0 aromatic heterocycles. The van der Waals surface area contributed by atoms with Gasteiger partial charge in [0.15, 0.2) is 0 Å².